The van der Waals surface area contributed by atoms with Gasteiger partial charge in [0.2, 0.25) is 5.88 Å². The third-order valence-electron chi connectivity index (χ3n) is 3.56. The Morgan fingerprint density at radius 3 is 2.84 bits per heavy atom. The van der Waals surface area contributed by atoms with Crippen molar-refractivity contribution >= 4 is 34.8 Å². The van der Waals surface area contributed by atoms with Crippen molar-refractivity contribution in [2.24, 2.45) is 0 Å². The molecule has 7 nitrogen and oxygen atoms in total. The number of hydrogen-bond acceptors (Lipinski definition) is 6. The number of pyridine rings is 1. The maximum Gasteiger partial charge on any atom is 0.350 e. The van der Waals surface area contributed by atoms with Crippen molar-refractivity contribution in [1.82, 2.24) is 19.7 Å². The van der Waals surface area contributed by atoms with Crippen molar-refractivity contribution in [1.29, 1.82) is 0 Å². The minimum absolute atomic E-state index is 0. The molecule has 10 heteroatoms. The second kappa shape index (κ2) is 7.16. The first-order valence-electron chi connectivity index (χ1n) is 7.21. The number of aromatic nitrogens is 4. The van der Waals surface area contributed by atoms with Gasteiger partial charge in [-0.25, -0.2) is 14.2 Å². The van der Waals surface area contributed by atoms with Crippen LogP contribution in [0.25, 0.3) is 11.3 Å². The number of nitrogens with zero attached hydrogens (tertiary/aromatic N) is 5. The number of alkyl halides is 1. The second-order valence-electron chi connectivity index (χ2n) is 5.06. The summed E-state index contributed by atoms with van der Waals surface area (Å²) in [6.07, 6.45) is 3.26. The van der Waals surface area contributed by atoms with Crippen LogP contribution in [0.5, 0.6) is 5.88 Å². The Hall–Kier alpha value is -2.52. The average Bonchev–Trinajstić information content (AvgIpc) is 3.31. The number of fused-ring (bicyclic) bond motifs is 1. The molecule has 0 aliphatic carbocycles. The largest absolute Gasteiger partial charge is 0.475 e. The van der Waals surface area contributed by atoms with Crippen molar-refractivity contribution < 1.29 is 13.9 Å². The van der Waals surface area contributed by atoms with Crippen molar-refractivity contribution in [3.05, 3.63) is 41.8 Å². The molecule has 25 heavy (non-hydrogen) atoms. The van der Waals surface area contributed by atoms with Crippen LogP contribution in [0.1, 0.15) is 5.69 Å². The summed E-state index contributed by atoms with van der Waals surface area (Å²) in [6.45, 7) is -0.123. The third-order valence-corrected chi connectivity index (χ3v) is 4.35. The molecule has 0 aromatic carbocycles. The molecule has 0 saturated heterocycles. The summed E-state index contributed by atoms with van der Waals surface area (Å²) in [7, 11) is 0. The van der Waals surface area contributed by atoms with Crippen LogP contribution in [-0.2, 0) is 6.54 Å². The van der Waals surface area contributed by atoms with Crippen molar-refractivity contribution in [3.63, 3.8) is 0 Å². The number of thiazole rings is 1. The normalized spacial score (nSPS) is 12.8. The summed E-state index contributed by atoms with van der Waals surface area (Å²) in [5.74, 6) is 0.357. The number of hydrogen-bond donors (Lipinski definition) is 0. The standard InChI is InChI=1S/C15H12FN5O2S.ClH/c16-3-4-23-13-2-1-10(6-18-13)12-5-11-8-20(14-7-17-9-24-14)15(22)21(11)19-12;/h1-2,5-7,9H,3-4,8H2;1H. The van der Waals surface area contributed by atoms with Crippen LogP contribution in [0.15, 0.2) is 36.1 Å². The number of rotatable bonds is 5. The highest BCUT2D eigenvalue weighted by molar-refractivity contribution is 7.14. The molecule has 3 aromatic heterocycles. The van der Waals surface area contributed by atoms with Gasteiger partial charge in [0, 0.05) is 17.8 Å². The Kier molecular flexibility index (Phi) is 4.95. The molecule has 0 atom stereocenters. The molecular formula is C15H13ClFN5O2S. The van der Waals surface area contributed by atoms with E-state index in [2.05, 4.69) is 15.1 Å². The first kappa shape index (κ1) is 17.3. The molecular weight excluding hydrogens is 369 g/mol. The van der Waals surface area contributed by atoms with E-state index >= 15 is 0 Å². The molecule has 1 aliphatic heterocycles. The van der Waals surface area contributed by atoms with Gasteiger partial charge in [0.1, 0.15) is 18.3 Å². The number of carbonyl (C=O) groups excluding carboxylic acids is 1. The van der Waals surface area contributed by atoms with E-state index in [4.69, 9.17) is 4.74 Å². The third kappa shape index (κ3) is 3.20. The molecule has 0 fully saturated rings. The monoisotopic (exact) mass is 381 g/mol. The van der Waals surface area contributed by atoms with Crippen LogP contribution in [0, 0.1) is 0 Å². The van der Waals surface area contributed by atoms with E-state index in [0.717, 1.165) is 16.3 Å². The van der Waals surface area contributed by atoms with E-state index < -0.39 is 6.67 Å². The predicted molar refractivity (Wildman–Crippen MR) is 93.3 cm³/mol. The van der Waals surface area contributed by atoms with E-state index in [9.17, 15) is 9.18 Å². The molecule has 0 spiro atoms. The molecule has 4 rings (SSSR count). The van der Waals surface area contributed by atoms with Gasteiger partial charge in [0.25, 0.3) is 0 Å². The van der Waals surface area contributed by atoms with Crippen molar-refractivity contribution in [2.75, 3.05) is 18.2 Å². The van der Waals surface area contributed by atoms with Gasteiger partial charge in [-0.1, -0.05) is 0 Å². The van der Waals surface area contributed by atoms with Gasteiger partial charge in [-0.3, -0.25) is 9.88 Å². The maximum absolute atomic E-state index is 12.4. The van der Waals surface area contributed by atoms with Crippen molar-refractivity contribution in [3.8, 4) is 17.1 Å². The van der Waals surface area contributed by atoms with E-state index in [1.807, 2.05) is 6.07 Å². The Morgan fingerprint density at radius 2 is 2.20 bits per heavy atom. The maximum atomic E-state index is 12.4. The zero-order valence-electron chi connectivity index (χ0n) is 12.8. The second-order valence-corrected chi connectivity index (χ2v) is 5.93. The molecule has 4 heterocycles. The molecule has 3 aromatic rings. The number of amides is 1. The van der Waals surface area contributed by atoms with Crippen LogP contribution in [0.2, 0.25) is 0 Å². The van der Waals surface area contributed by atoms with Crippen LogP contribution in [-0.4, -0.2) is 39.1 Å². The highest BCUT2D eigenvalue weighted by atomic mass is 35.5. The summed E-state index contributed by atoms with van der Waals surface area (Å²) in [5, 5.41) is 5.16. The molecule has 0 saturated carbocycles. The lowest BCUT2D eigenvalue weighted by Gasteiger charge is -2.10. The van der Waals surface area contributed by atoms with E-state index in [0.29, 0.717) is 18.1 Å². The first-order chi connectivity index (χ1) is 11.8. The Balaban J connectivity index is 0.00000182. The lowest BCUT2D eigenvalue weighted by molar-refractivity contribution is 0.248. The van der Waals surface area contributed by atoms with Gasteiger partial charge in [-0.2, -0.15) is 9.78 Å². The highest BCUT2D eigenvalue weighted by Crippen LogP contribution is 2.29. The van der Waals surface area contributed by atoms with Crippen LogP contribution in [0.4, 0.5) is 14.2 Å². The lowest BCUT2D eigenvalue weighted by Crippen LogP contribution is -2.25. The highest BCUT2D eigenvalue weighted by Gasteiger charge is 2.31. The molecule has 130 valence electrons. The van der Waals surface area contributed by atoms with Crippen LogP contribution >= 0.6 is 23.7 Å². The molecule has 0 unspecified atom stereocenters. The first-order valence-corrected chi connectivity index (χ1v) is 8.09. The summed E-state index contributed by atoms with van der Waals surface area (Å²) < 4.78 is 18.6. The summed E-state index contributed by atoms with van der Waals surface area (Å²) in [6, 6.07) is 5.10. The van der Waals surface area contributed by atoms with E-state index in [-0.39, 0.29) is 25.0 Å². The summed E-state index contributed by atoms with van der Waals surface area (Å²) in [4.78, 5) is 22.2. The number of anilines is 1. The molecule has 1 amide bonds. The Bertz CT molecular complexity index is 869. The molecule has 0 radical (unpaired) electrons. The lowest BCUT2D eigenvalue weighted by atomic mass is 10.2. The average molecular weight is 382 g/mol. The number of carbonyl (C=O) groups is 1. The molecule has 1 aliphatic rings. The van der Waals surface area contributed by atoms with E-state index in [1.165, 1.54) is 16.0 Å². The Morgan fingerprint density at radius 1 is 1.32 bits per heavy atom. The summed E-state index contributed by atoms with van der Waals surface area (Å²) in [5.41, 5.74) is 3.92. The quantitative estimate of drug-likeness (QED) is 0.678. The minimum atomic E-state index is -0.560. The summed E-state index contributed by atoms with van der Waals surface area (Å²) >= 11 is 1.41. The van der Waals surface area contributed by atoms with Gasteiger partial charge in [0.15, 0.2) is 0 Å². The fourth-order valence-electron chi connectivity index (χ4n) is 2.46. The fourth-order valence-corrected chi connectivity index (χ4v) is 3.08. The SMILES string of the molecule is Cl.O=C1N(c2cncs2)Cc2cc(-c3ccc(OCCF)nc3)nn21. The van der Waals surface area contributed by atoms with Crippen molar-refractivity contribution in [2.45, 2.75) is 6.54 Å². The molecule has 0 N–H and O–H groups in total. The minimum Gasteiger partial charge on any atom is -0.475 e. The van der Waals surface area contributed by atoms with Crippen LogP contribution in [0.3, 0.4) is 0 Å². The van der Waals surface area contributed by atoms with Crippen LogP contribution < -0.4 is 9.64 Å². The Labute approximate surface area is 152 Å². The smallest absolute Gasteiger partial charge is 0.350 e. The van der Waals surface area contributed by atoms with Gasteiger partial charge in [-0.15, -0.1) is 23.7 Å². The fraction of sp³-hybridized carbons (Fsp3) is 0.200. The zero-order valence-corrected chi connectivity index (χ0v) is 14.5. The van der Waals surface area contributed by atoms with Gasteiger partial charge < -0.3 is 4.74 Å². The molecule has 0 bridgehead atoms. The van der Waals surface area contributed by atoms with E-state index in [1.54, 1.807) is 34.9 Å². The van der Waals surface area contributed by atoms with Gasteiger partial charge in [0.05, 0.1) is 29.6 Å². The zero-order chi connectivity index (χ0) is 16.5. The predicted octanol–water partition coefficient (Wildman–Crippen LogP) is 3.16. The topological polar surface area (TPSA) is 73.1 Å². The van der Waals surface area contributed by atoms with Gasteiger partial charge in [-0.05, 0) is 12.1 Å². The number of ether oxygens (including phenoxy) is 1. The number of halogens is 2. The van der Waals surface area contributed by atoms with Gasteiger partial charge >= 0.3 is 6.03 Å².